The molecule has 0 bridgehead atoms. The zero-order valence-corrected chi connectivity index (χ0v) is 8.87. The van der Waals surface area contributed by atoms with E-state index >= 15 is 0 Å². The first kappa shape index (κ1) is 13.3. The molecule has 0 spiro atoms. The highest BCUT2D eigenvalue weighted by atomic mass is 16.5. The number of likely N-dealkylation sites (N-methyl/N-ethyl adjacent to an activating group) is 1. The third kappa shape index (κ3) is 4.93. The van der Waals surface area contributed by atoms with Gasteiger partial charge in [0.1, 0.15) is 12.6 Å². The van der Waals surface area contributed by atoms with E-state index in [1.807, 2.05) is 0 Å². The first-order chi connectivity index (χ1) is 7.02. The van der Waals surface area contributed by atoms with E-state index in [9.17, 15) is 9.59 Å². The number of Topliss-reactive ketones (excluding diaryl/α,β-unsaturated/α-hetero) is 1. The van der Waals surface area contributed by atoms with E-state index < -0.39 is 12.0 Å². The molecule has 1 atom stereocenters. The molecule has 0 aliphatic carbocycles. The van der Waals surface area contributed by atoms with Gasteiger partial charge in [-0.05, 0) is 14.0 Å². The average molecular weight is 210 g/mol. The van der Waals surface area contributed by atoms with Crippen LogP contribution in [0.25, 0.3) is 0 Å². The Morgan fingerprint density at radius 2 is 2.20 bits per heavy atom. The normalized spacial score (nSPS) is 11.3. The van der Waals surface area contributed by atoms with Gasteiger partial charge in [-0.25, -0.2) is 4.79 Å². The predicted molar refractivity (Wildman–Crippen MR) is 53.9 cm³/mol. The number of nitrogens with zero attached hydrogens (tertiary/aromatic N) is 1. The molecule has 0 fully saturated rings. The first-order valence-electron chi connectivity index (χ1n) is 4.42. The number of hydrogen-bond acceptors (Lipinski definition) is 5. The minimum absolute atomic E-state index is 0.0806. The van der Waals surface area contributed by atoms with Crippen LogP contribution in [0.2, 0.25) is 0 Å². The van der Waals surface area contributed by atoms with Crippen molar-refractivity contribution in [2.75, 3.05) is 13.7 Å². The lowest BCUT2D eigenvalue weighted by molar-refractivity contribution is -0.140. The Kier molecular flexibility index (Phi) is 5.99. The summed E-state index contributed by atoms with van der Waals surface area (Å²) in [6, 6.07) is 1.11. The summed E-state index contributed by atoms with van der Waals surface area (Å²) >= 11 is 0. The molecule has 5 nitrogen and oxygen atoms in total. The smallest absolute Gasteiger partial charge is 0.333 e. The van der Waals surface area contributed by atoms with Gasteiger partial charge in [-0.2, -0.15) is 5.26 Å². The minimum Gasteiger partial charge on any atom is -0.460 e. The van der Waals surface area contributed by atoms with Gasteiger partial charge in [-0.15, -0.1) is 0 Å². The topological polar surface area (TPSA) is 79.2 Å². The summed E-state index contributed by atoms with van der Waals surface area (Å²) in [5, 5.41) is 11.0. The molecular weight excluding hydrogens is 196 g/mol. The molecule has 0 aromatic rings. The second-order valence-corrected chi connectivity index (χ2v) is 3.02. The number of carbonyl (C=O) groups is 2. The zero-order chi connectivity index (χ0) is 11.8. The highest BCUT2D eigenvalue weighted by molar-refractivity contribution is 5.88. The largest absolute Gasteiger partial charge is 0.460 e. The van der Waals surface area contributed by atoms with Crippen LogP contribution in [-0.2, 0) is 14.3 Å². The maximum absolute atomic E-state index is 11.3. The molecule has 15 heavy (non-hydrogen) atoms. The second-order valence-electron chi connectivity index (χ2n) is 3.02. The van der Waals surface area contributed by atoms with Gasteiger partial charge in [-0.1, -0.05) is 6.58 Å². The van der Waals surface area contributed by atoms with E-state index in [1.165, 1.54) is 6.92 Å². The van der Waals surface area contributed by atoms with Gasteiger partial charge in [0.25, 0.3) is 0 Å². The molecule has 0 rings (SSSR count). The van der Waals surface area contributed by atoms with Gasteiger partial charge in [-0.3, -0.25) is 4.79 Å². The van der Waals surface area contributed by atoms with Crippen LogP contribution in [0, 0.1) is 11.3 Å². The number of esters is 1. The molecule has 0 aliphatic heterocycles. The van der Waals surface area contributed by atoms with Crippen LogP contribution in [-0.4, -0.2) is 31.4 Å². The maximum atomic E-state index is 11.3. The van der Waals surface area contributed by atoms with Crippen molar-refractivity contribution in [1.29, 1.82) is 5.26 Å². The van der Waals surface area contributed by atoms with Crippen molar-refractivity contribution in [2.45, 2.75) is 19.4 Å². The summed E-state index contributed by atoms with van der Waals surface area (Å²) in [7, 11) is 1.56. The molecule has 0 radical (unpaired) electrons. The van der Waals surface area contributed by atoms with E-state index in [-0.39, 0.29) is 24.4 Å². The third-order valence-electron chi connectivity index (χ3n) is 1.72. The summed E-state index contributed by atoms with van der Waals surface area (Å²) in [6.07, 6.45) is -0.198. The van der Waals surface area contributed by atoms with Crippen molar-refractivity contribution in [3.63, 3.8) is 0 Å². The summed E-state index contributed by atoms with van der Waals surface area (Å²) in [4.78, 5) is 22.3. The molecular formula is C10H14N2O3. The molecule has 0 aromatic heterocycles. The van der Waals surface area contributed by atoms with Crippen LogP contribution >= 0.6 is 0 Å². The van der Waals surface area contributed by atoms with E-state index in [2.05, 4.69) is 11.9 Å². The molecule has 1 N–H and O–H groups in total. The number of hydrogen-bond donors (Lipinski definition) is 1. The summed E-state index contributed by atoms with van der Waals surface area (Å²) in [5.41, 5.74) is 0.276. The van der Waals surface area contributed by atoms with Crippen molar-refractivity contribution in [2.24, 2.45) is 0 Å². The molecule has 0 aromatic carbocycles. The Bertz CT molecular complexity index is 304. The molecule has 0 aliphatic rings. The van der Waals surface area contributed by atoms with Crippen LogP contribution in [0.1, 0.15) is 13.3 Å². The van der Waals surface area contributed by atoms with Gasteiger partial charge in [0.15, 0.2) is 5.78 Å². The lowest BCUT2D eigenvalue weighted by Crippen LogP contribution is -2.38. The lowest BCUT2D eigenvalue weighted by atomic mass is 10.1. The van der Waals surface area contributed by atoms with Gasteiger partial charge in [0.2, 0.25) is 0 Å². The van der Waals surface area contributed by atoms with Crippen LogP contribution < -0.4 is 5.32 Å². The summed E-state index contributed by atoms with van der Waals surface area (Å²) in [5.74, 6) is -0.838. The number of nitriles is 1. The van der Waals surface area contributed by atoms with Crippen molar-refractivity contribution in [3.8, 4) is 6.07 Å². The van der Waals surface area contributed by atoms with Crippen molar-refractivity contribution >= 4 is 11.8 Å². The molecule has 82 valence electrons. The molecule has 0 amide bonds. The third-order valence-corrected chi connectivity index (χ3v) is 1.72. The number of ether oxygens (including phenoxy) is 1. The minimum atomic E-state index is -0.632. The summed E-state index contributed by atoms with van der Waals surface area (Å²) < 4.78 is 4.79. The fraction of sp³-hybridized carbons (Fsp3) is 0.500. The fourth-order valence-corrected chi connectivity index (χ4v) is 0.821. The molecule has 5 heteroatoms. The number of ketones is 1. The standard InChI is InChI=1S/C10H14N2O3/c1-7(2)10(14)15-6-8(12-3)9(13)4-5-11/h8,12H,1,4,6H2,2-3H3. The van der Waals surface area contributed by atoms with Crippen LogP contribution in [0.4, 0.5) is 0 Å². The molecule has 0 heterocycles. The van der Waals surface area contributed by atoms with E-state index in [4.69, 9.17) is 10.00 Å². The highest BCUT2D eigenvalue weighted by Gasteiger charge is 2.17. The predicted octanol–water partition coefficient (Wildman–Crippen LogP) is 0.176. The Balaban J connectivity index is 4.12. The van der Waals surface area contributed by atoms with Crippen molar-refractivity contribution in [3.05, 3.63) is 12.2 Å². The maximum Gasteiger partial charge on any atom is 0.333 e. The van der Waals surface area contributed by atoms with Crippen LogP contribution in [0.15, 0.2) is 12.2 Å². The number of carbonyl (C=O) groups excluding carboxylic acids is 2. The van der Waals surface area contributed by atoms with E-state index in [0.717, 1.165) is 0 Å². The second kappa shape index (κ2) is 6.74. The number of nitrogens with one attached hydrogen (secondary N) is 1. The molecule has 0 saturated heterocycles. The Hall–Kier alpha value is -1.67. The fourth-order valence-electron chi connectivity index (χ4n) is 0.821. The van der Waals surface area contributed by atoms with Gasteiger partial charge in [0.05, 0.1) is 12.5 Å². The van der Waals surface area contributed by atoms with E-state index in [0.29, 0.717) is 0 Å². The Morgan fingerprint density at radius 1 is 1.60 bits per heavy atom. The van der Waals surface area contributed by atoms with Gasteiger partial charge >= 0.3 is 5.97 Å². The summed E-state index contributed by atoms with van der Waals surface area (Å²) in [6.45, 7) is 4.85. The van der Waals surface area contributed by atoms with Crippen molar-refractivity contribution < 1.29 is 14.3 Å². The van der Waals surface area contributed by atoms with Crippen LogP contribution in [0.5, 0.6) is 0 Å². The SMILES string of the molecule is C=C(C)C(=O)OCC(NC)C(=O)CC#N. The average Bonchev–Trinajstić information content (AvgIpc) is 2.18. The van der Waals surface area contributed by atoms with Crippen molar-refractivity contribution in [1.82, 2.24) is 5.32 Å². The number of rotatable bonds is 6. The molecule has 1 unspecified atom stereocenters. The lowest BCUT2D eigenvalue weighted by Gasteiger charge is -2.13. The monoisotopic (exact) mass is 210 g/mol. The Morgan fingerprint density at radius 3 is 2.60 bits per heavy atom. The van der Waals surface area contributed by atoms with Crippen LogP contribution in [0.3, 0.4) is 0 Å². The molecule has 0 saturated carbocycles. The Labute approximate surface area is 88.7 Å². The van der Waals surface area contributed by atoms with E-state index in [1.54, 1.807) is 13.1 Å². The first-order valence-corrected chi connectivity index (χ1v) is 4.42. The zero-order valence-electron chi connectivity index (χ0n) is 8.87. The quantitative estimate of drug-likeness (QED) is 0.499. The van der Waals surface area contributed by atoms with Gasteiger partial charge < -0.3 is 10.1 Å². The highest BCUT2D eigenvalue weighted by Crippen LogP contribution is 1.96. The van der Waals surface area contributed by atoms with Gasteiger partial charge in [0, 0.05) is 5.57 Å².